The lowest BCUT2D eigenvalue weighted by atomic mass is 9.95. The van der Waals surface area contributed by atoms with Crippen LogP contribution < -0.4 is 10.9 Å². The molecule has 0 bridgehead atoms. The minimum Gasteiger partial charge on any atom is -0.493 e. The van der Waals surface area contributed by atoms with E-state index in [0.29, 0.717) is 16.7 Å². The smallest absolute Gasteiger partial charge is 0.260 e. The number of nitrogens with zero attached hydrogens (tertiary/aromatic N) is 1. The number of H-pyrrole nitrogens is 2. The maximum atomic E-state index is 12.5. The van der Waals surface area contributed by atoms with Crippen molar-refractivity contribution in [3.63, 3.8) is 0 Å². The molecule has 2 aromatic heterocycles. The van der Waals surface area contributed by atoms with Crippen LogP contribution in [-0.2, 0) is 6.42 Å². The van der Waals surface area contributed by atoms with Crippen molar-refractivity contribution < 1.29 is 5.11 Å². The average Bonchev–Trinajstić information content (AvgIpc) is 2.93. The van der Waals surface area contributed by atoms with Crippen LogP contribution in [0.25, 0.3) is 10.9 Å². The van der Waals surface area contributed by atoms with E-state index in [2.05, 4.69) is 20.3 Å². The Morgan fingerprint density at radius 2 is 2.21 bits per heavy atom. The van der Waals surface area contributed by atoms with E-state index in [1.807, 2.05) is 18.2 Å². The van der Waals surface area contributed by atoms with Gasteiger partial charge in [-0.25, -0.2) is 0 Å². The SMILES string of the molecule is CSc1nc(O)c([C@@H]2NCCc3c2[nH]c2ccc(Cl)cc32)c(=O)[nH]1. The third-order valence-electron chi connectivity index (χ3n) is 4.31. The van der Waals surface area contributed by atoms with Crippen LogP contribution >= 0.6 is 23.4 Å². The fourth-order valence-electron chi connectivity index (χ4n) is 3.25. The predicted octanol–water partition coefficient (Wildman–Crippen LogP) is 2.57. The second-order valence-electron chi connectivity index (χ2n) is 5.66. The van der Waals surface area contributed by atoms with Gasteiger partial charge in [-0.3, -0.25) is 4.79 Å². The molecule has 0 unspecified atom stereocenters. The molecule has 0 radical (unpaired) electrons. The number of hydrogen-bond acceptors (Lipinski definition) is 5. The van der Waals surface area contributed by atoms with E-state index in [0.717, 1.165) is 28.6 Å². The van der Waals surface area contributed by atoms with Gasteiger partial charge in [-0.05, 0) is 36.4 Å². The normalized spacial score (nSPS) is 17.2. The van der Waals surface area contributed by atoms with Crippen molar-refractivity contribution in [1.82, 2.24) is 20.3 Å². The lowest BCUT2D eigenvalue weighted by Gasteiger charge is -2.24. The number of fused-ring (bicyclic) bond motifs is 3. The minimum atomic E-state index is -0.438. The molecule has 0 spiro atoms. The van der Waals surface area contributed by atoms with Crippen LogP contribution in [0.3, 0.4) is 0 Å². The molecular weight excluding hydrogens is 348 g/mol. The molecule has 3 heterocycles. The molecule has 1 aromatic carbocycles. The quantitative estimate of drug-likeness (QED) is 0.415. The molecule has 0 saturated heterocycles. The van der Waals surface area contributed by atoms with Crippen LogP contribution in [-0.4, -0.2) is 32.9 Å². The molecular formula is C16H15ClN4O2S. The molecule has 24 heavy (non-hydrogen) atoms. The molecule has 1 aliphatic rings. The summed E-state index contributed by atoms with van der Waals surface area (Å²) in [6, 6.07) is 5.24. The monoisotopic (exact) mass is 362 g/mol. The zero-order chi connectivity index (χ0) is 16.8. The number of hydrogen-bond donors (Lipinski definition) is 4. The molecule has 0 saturated carbocycles. The molecule has 3 aromatic rings. The molecule has 6 nitrogen and oxygen atoms in total. The highest BCUT2D eigenvalue weighted by molar-refractivity contribution is 7.98. The number of rotatable bonds is 2. The molecule has 0 amide bonds. The van der Waals surface area contributed by atoms with Crippen LogP contribution in [0.5, 0.6) is 5.88 Å². The molecule has 4 rings (SSSR count). The molecule has 0 fully saturated rings. The second kappa shape index (κ2) is 5.84. The lowest BCUT2D eigenvalue weighted by Crippen LogP contribution is -2.34. The summed E-state index contributed by atoms with van der Waals surface area (Å²) >= 11 is 7.39. The first-order chi connectivity index (χ1) is 11.6. The van der Waals surface area contributed by atoms with Crippen molar-refractivity contribution in [3.8, 4) is 5.88 Å². The third kappa shape index (κ3) is 2.40. The molecule has 1 atom stereocenters. The van der Waals surface area contributed by atoms with Crippen LogP contribution in [0.1, 0.15) is 22.9 Å². The Morgan fingerprint density at radius 3 is 2.96 bits per heavy atom. The Balaban J connectivity index is 1.92. The first kappa shape index (κ1) is 15.6. The Kier molecular flexibility index (Phi) is 3.79. The zero-order valence-corrected chi connectivity index (χ0v) is 14.4. The van der Waals surface area contributed by atoms with Crippen LogP contribution in [0.2, 0.25) is 5.02 Å². The van der Waals surface area contributed by atoms with Gasteiger partial charge in [-0.2, -0.15) is 4.98 Å². The van der Waals surface area contributed by atoms with E-state index >= 15 is 0 Å². The van der Waals surface area contributed by atoms with Gasteiger partial charge in [0, 0.05) is 28.2 Å². The number of thioether (sulfide) groups is 1. The standard InChI is InChI=1S/C16H15ClN4O2S/c1-24-16-20-14(22)11(15(23)21-16)13-12-8(4-5-18-13)9-6-7(17)2-3-10(9)19-12/h2-3,6,13,18-19H,4-5H2,1H3,(H2,20,21,22,23)/t13-/m0/s1. The van der Waals surface area contributed by atoms with Gasteiger partial charge < -0.3 is 20.4 Å². The van der Waals surface area contributed by atoms with Crippen molar-refractivity contribution >= 4 is 34.3 Å². The minimum absolute atomic E-state index is 0.228. The highest BCUT2D eigenvalue weighted by Gasteiger charge is 2.30. The second-order valence-corrected chi connectivity index (χ2v) is 6.89. The molecule has 4 N–H and O–H groups in total. The Morgan fingerprint density at radius 1 is 1.38 bits per heavy atom. The van der Waals surface area contributed by atoms with E-state index in [-0.39, 0.29) is 17.0 Å². The van der Waals surface area contributed by atoms with Gasteiger partial charge in [0.05, 0.1) is 6.04 Å². The van der Waals surface area contributed by atoms with Crippen molar-refractivity contribution in [2.24, 2.45) is 0 Å². The third-order valence-corrected chi connectivity index (χ3v) is 5.12. The first-order valence-electron chi connectivity index (χ1n) is 7.49. The van der Waals surface area contributed by atoms with Crippen LogP contribution in [0.15, 0.2) is 28.2 Å². The summed E-state index contributed by atoms with van der Waals surface area (Å²) in [7, 11) is 0. The number of nitrogens with one attached hydrogen (secondary N) is 3. The predicted molar refractivity (Wildman–Crippen MR) is 95.2 cm³/mol. The van der Waals surface area contributed by atoms with E-state index in [4.69, 9.17) is 11.6 Å². The van der Waals surface area contributed by atoms with Crippen molar-refractivity contribution in [1.29, 1.82) is 0 Å². The summed E-state index contributed by atoms with van der Waals surface area (Å²) in [5, 5.41) is 15.7. The van der Waals surface area contributed by atoms with Crippen molar-refractivity contribution in [2.75, 3.05) is 12.8 Å². The summed E-state index contributed by atoms with van der Waals surface area (Å²) < 4.78 is 0. The van der Waals surface area contributed by atoms with Crippen molar-refractivity contribution in [3.05, 3.63) is 50.4 Å². The number of halogens is 1. The number of aromatic nitrogens is 3. The largest absolute Gasteiger partial charge is 0.493 e. The molecule has 0 aliphatic carbocycles. The summed E-state index contributed by atoms with van der Waals surface area (Å²) in [6.07, 6.45) is 2.61. The summed E-state index contributed by atoms with van der Waals surface area (Å²) in [4.78, 5) is 22.6. The maximum Gasteiger partial charge on any atom is 0.260 e. The number of benzene rings is 1. The topological polar surface area (TPSA) is 93.8 Å². The van der Waals surface area contributed by atoms with Gasteiger partial charge in [0.15, 0.2) is 5.16 Å². The number of aromatic amines is 2. The summed E-state index contributed by atoms with van der Waals surface area (Å²) in [5.41, 5.74) is 2.84. The van der Waals surface area contributed by atoms with Crippen LogP contribution in [0.4, 0.5) is 0 Å². The Labute approximate surface area is 146 Å². The fraction of sp³-hybridized carbons (Fsp3) is 0.250. The lowest BCUT2D eigenvalue weighted by molar-refractivity contribution is 0.421. The van der Waals surface area contributed by atoms with E-state index < -0.39 is 6.04 Å². The first-order valence-corrected chi connectivity index (χ1v) is 9.09. The van der Waals surface area contributed by atoms with E-state index in [1.54, 1.807) is 6.26 Å². The van der Waals surface area contributed by atoms with Gasteiger partial charge in [-0.15, -0.1) is 0 Å². The van der Waals surface area contributed by atoms with Crippen molar-refractivity contribution in [2.45, 2.75) is 17.6 Å². The highest BCUT2D eigenvalue weighted by atomic mass is 35.5. The van der Waals surface area contributed by atoms with Gasteiger partial charge in [0.2, 0.25) is 5.88 Å². The molecule has 124 valence electrons. The van der Waals surface area contributed by atoms with Crippen LogP contribution in [0, 0.1) is 0 Å². The summed E-state index contributed by atoms with van der Waals surface area (Å²) in [5.74, 6) is -0.245. The van der Waals surface area contributed by atoms with Gasteiger partial charge in [0.25, 0.3) is 5.56 Å². The fourth-order valence-corrected chi connectivity index (χ4v) is 3.80. The maximum absolute atomic E-state index is 12.5. The van der Waals surface area contributed by atoms with E-state index in [1.165, 1.54) is 11.8 Å². The molecule has 8 heteroatoms. The average molecular weight is 363 g/mol. The van der Waals surface area contributed by atoms with Gasteiger partial charge >= 0.3 is 0 Å². The van der Waals surface area contributed by atoms with E-state index in [9.17, 15) is 9.90 Å². The number of aromatic hydroxyl groups is 1. The zero-order valence-electron chi connectivity index (χ0n) is 12.8. The Hall–Kier alpha value is -1.96. The highest BCUT2D eigenvalue weighted by Crippen LogP contribution is 2.35. The van der Waals surface area contributed by atoms with Gasteiger partial charge in [0.1, 0.15) is 5.56 Å². The molecule has 1 aliphatic heterocycles. The van der Waals surface area contributed by atoms with Gasteiger partial charge in [-0.1, -0.05) is 23.4 Å². The Bertz CT molecular complexity index is 998. The summed E-state index contributed by atoms with van der Waals surface area (Å²) in [6.45, 7) is 0.695.